The molecule has 1 rings (SSSR count). The van der Waals surface area contributed by atoms with Crippen LogP contribution in [-0.2, 0) is 19.2 Å². The van der Waals surface area contributed by atoms with E-state index in [1.807, 2.05) is 0 Å². The predicted molar refractivity (Wildman–Crippen MR) is 82.0 cm³/mol. The second kappa shape index (κ2) is 9.26. The van der Waals surface area contributed by atoms with E-state index in [1.165, 1.54) is 0 Å². The van der Waals surface area contributed by atoms with Gasteiger partial charge in [-0.05, 0) is 0 Å². The maximum Gasteiger partial charge on any atom is 0.243 e. The summed E-state index contributed by atoms with van der Waals surface area (Å²) in [6.45, 7) is 0.111. The zero-order valence-electron chi connectivity index (χ0n) is 12.1. The maximum atomic E-state index is 11.8. The molecule has 1 aliphatic heterocycles. The predicted octanol–water partition coefficient (Wildman–Crippen LogP) is -3.13. The summed E-state index contributed by atoms with van der Waals surface area (Å²) in [4.78, 5) is 47.1. The normalized spacial score (nSPS) is 25.4. The Balaban J connectivity index is 2.73. The summed E-state index contributed by atoms with van der Waals surface area (Å²) < 4.78 is 0. The van der Waals surface area contributed by atoms with Gasteiger partial charge in [0.1, 0.15) is 12.1 Å². The van der Waals surface area contributed by atoms with E-state index in [2.05, 4.69) is 33.9 Å². The van der Waals surface area contributed by atoms with Crippen molar-refractivity contribution < 1.29 is 19.2 Å². The summed E-state index contributed by atoms with van der Waals surface area (Å²) in [5.74, 6) is -1.50. The molecule has 2 atom stereocenters. The van der Waals surface area contributed by atoms with E-state index in [0.717, 1.165) is 0 Å². The highest BCUT2D eigenvalue weighted by atomic mass is 32.1. The zero-order valence-corrected chi connectivity index (χ0v) is 12.9. The van der Waals surface area contributed by atoms with Crippen LogP contribution in [0.3, 0.4) is 0 Å². The number of carbonyl (C=O) groups excluding carboxylic acids is 4. The van der Waals surface area contributed by atoms with Gasteiger partial charge in [0.05, 0.1) is 0 Å². The molecule has 0 aromatic carbocycles. The van der Waals surface area contributed by atoms with Crippen LogP contribution in [0.1, 0.15) is 12.8 Å². The van der Waals surface area contributed by atoms with Crippen molar-refractivity contribution in [3.63, 3.8) is 0 Å². The van der Waals surface area contributed by atoms with Crippen LogP contribution in [0.5, 0.6) is 0 Å². The molecule has 0 bridgehead atoms. The van der Waals surface area contributed by atoms with Crippen LogP contribution in [0.2, 0.25) is 0 Å². The van der Waals surface area contributed by atoms with Gasteiger partial charge in [-0.2, -0.15) is 12.6 Å². The first-order chi connectivity index (χ1) is 10.5. The van der Waals surface area contributed by atoms with Crippen LogP contribution in [0.4, 0.5) is 0 Å². The van der Waals surface area contributed by atoms with E-state index < -0.39 is 29.8 Å². The molecule has 0 unspecified atom stereocenters. The first-order valence-corrected chi connectivity index (χ1v) is 7.56. The van der Waals surface area contributed by atoms with Crippen LogP contribution in [-0.4, -0.2) is 61.1 Å². The molecule has 22 heavy (non-hydrogen) atoms. The first-order valence-electron chi connectivity index (χ1n) is 6.93. The lowest BCUT2D eigenvalue weighted by Crippen LogP contribution is -2.53. The number of carbonyl (C=O) groups is 4. The minimum atomic E-state index is -0.862. The molecule has 0 radical (unpaired) electrons. The van der Waals surface area contributed by atoms with E-state index in [-0.39, 0.29) is 44.1 Å². The molecule has 0 saturated carbocycles. The maximum absolute atomic E-state index is 11.8. The molecular formula is C12H21N5O4S. The molecular weight excluding hydrogens is 310 g/mol. The summed E-state index contributed by atoms with van der Waals surface area (Å²) in [5, 5.41) is 10.1. The monoisotopic (exact) mass is 331 g/mol. The van der Waals surface area contributed by atoms with Gasteiger partial charge in [0.2, 0.25) is 23.6 Å². The number of thiol groups is 1. The topological polar surface area (TPSA) is 142 Å². The van der Waals surface area contributed by atoms with Crippen molar-refractivity contribution in [3.8, 4) is 0 Å². The minimum absolute atomic E-state index is 0.00274. The van der Waals surface area contributed by atoms with Crippen molar-refractivity contribution in [1.82, 2.24) is 21.3 Å². The lowest BCUT2D eigenvalue weighted by Gasteiger charge is -2.19. The Kier molecular flexibility index (Phi) is 7.67. The van der Waals surface area contributed by atoms with Crippen molar-refractivity contribution in [2.45, 2.75) is 24.9 Å². The summed E-state index contributed by atoms with van der Waals surface area (Å²) in [5.41, 5.74) is 5.44. The van der Waals surface area contributed by atoms with E-state index >= 15 is 0 Å². The van der Waals surface area contributed by atoms with Gasteiger partial charge in [-0.25, -0.2) is 0 Å². The minimum Gasteiger partial charge on any atom is -0.354 e. The van der Waals surface area contributed by atoms with Crippen molar-refractivity contribution in [2.24, 2.45) is 5.73 Å². The molecule has 9 nitrogen and oxygen atoms in total. The van der Waals surface area contributed by atoms with Crippen molar-refractivity contribution >= 4 is 36.3 Å². The summed E-state index contributed by atoms with van der Waals surface area (Å²) in [6, 6.07) is -1.64. The third kappa shape index (κ3) is 5.90. The Morgan fingerprint density at radius 1 is 0.909 bits per heavy atom. The van der Waals surface area contributed by atoms with Gasteiger partial charge in [-0.1, -0.05) is 0 Å². The van der Waals surface area contributed by atoms with Crippen molar-refractivity contribution in [1.29, 1.82) is 0 Å². The summed E-state index contributed by atoms with van der Waals surface area (Å²) >= 11 is 4.01. The highest BCUT2D eigenvalue weighted by Crippen LogP contribution is 1.93. The van der Waals surface area contributed by atoms with E-state index in [4.69, 9.17) is 5.73 Å². The zero-order chi connectivity index (χ0) is 16.5. The van der Waals surface area contributed by atoms with Crippen LogP contribution in [0, 0.1) is 0 Å². The highest BCUT2D eigenvalue weighted by Gasteiger charge is 2.22. The fourth-order valence-electron chi connectivity index (χ4n) is 1.80. The lowest BCUT2D eigenvalue weighted by atomic mass is 10.2. The van der Waals surface area contributed by atoms with Gasteiger partial charge in [-0.15, -0.1) is 0 Å². The SMILES string of the molecule is NC[C@@H]1NC(=O)CCNC(=O)[C@H](CS)NC(=O)CCNC1=O. The standard InChI is InChI=1S/C12H21N5O4S/c13-5-7-11(20)14-3-2-10(19)17-8(6-22)12(21)15-4-1-9(18)16-7/h7-8,22H,1-6,13H2,(H,14,20)(H,15,21)(H,16,18)(H,17,19)/t7-,8-/m0/s1. The van der Waals surface area contributed by atoms with E-state index in [1.54, 1.807) is 0 Å². The Labute approximate surface area is 133 Å². The van der Waals surface area contributed by atoms with Crippen LogP contribution < -0.4 is 27.0 Å². The lowest BCUT2D eigenvalue weighted by molar-refractivity contribution is -0.130. The van der Waals surface area contributed by atoms with Gasteiger partial charge in [0.15, 0.2) is 0 Å². The Morgan fingerprint density at radius 2 is 1.36 bits per heavy atom. The quantitative estimate of drug-likeness (QED) is 0.297. The fourth-order valence-corrected chi connectivity index (χ4v) is 2.06. The molecule has 0 spiro atoms. The number of amides is 4. The molecule has 0 aliphatic carbocycles. The second-order valence-corrected chi connectivity index (χ2v) is 5.11. The number of nitrogens with one attached hydrogen (secondary N) is 4. The largest absolute Gasteiger partial charge is 0.354 e. The van der Waals surface area contributed by atoms with Gasteiger partial charge in [0.25, 0.3) is 0 Å². The Hall–Kier alpha value is -1.81. The number of rotatable bonds is 2. The molecule has 1 fully saturated rings. The van der Waals surface area contributed by atoms with E-state index in [0.29, 0.717) is 0 Å². The number of nitrogens with two attached hydrogens (primary N) is 1. The molecule has 0 aromatic rings. The number of hydrogen-bond donors (Lipinski definition) is 6. The molecule has 6 N–H and O–H groups in total. The van der Waals surface area contributed by atoms with Crippen molar-refractivity contribution in [3.05, 3.63) is 0 Å². The molecule has 124 valence electrons. The third-order valence-electron chi connectivity index (χ3n) is 3.02. The fraction of sp³-hybridized carbons (Fsp3) is 0.667. The molecule has 10 heteroatoms. The van der Waals surface area contributed by atoms with Crippen molar-refractivity contribution in [2.75, 3.05) is 25.4 Å². The van der Waals surface area contributed by atoms with Crippen LogP contribution >= 0.6 is 12.6 Å². The van der Waals surface area contributed by atoms with Gasteiger partial charge in [0, 0.05) is 38.2 Å². The average molecular weight is 331 g/mol. The van der Waals surface area contributed by atoms with Crippen LogP contribution in [0.15, 0.2) is 0 Å². The average Bonchev–Trinajstić information content (AvgIpc) is 2.49. The first kappa shape index (κ1) is 18.2. The number of hydrogen-bond acceptors (Lipinski definition) is 6. The molecule has 4 amide bonds. The summed E-state index contributed by atoms with van der Waals surface area (Å²) in [6.07, 6.45) is 0.0112. The molecule has 1 saturated heterocycles. The van der Waals surface area contributed by atoms with E-state index in [9.17, 15) is 19.2 Å². The molecule has 1 aliphatic rings. The second-order valence-electron chi connectivity index (χ2n) is 4.74. The Morgan fingerprint density at radius 3 is 1.82 bits per heavy atom. The van der Waals surface area contributed by atoms with Gasteiger partial charge >= 0.3 is 0 Å². The van der Waals surface area contributed by atoms with Gasteiger partial charge < -0.3 is 27.0 Å². The summed E-state index contributed by atoms with van der Waals surface area (Å²) in [7, 11) is 0. The smallest absolute Gasteiger partial charge is 0.243 e. The molecule has 1 heterocycles. The molecule has 0 aromatic heterocycles. The highest BCUT2D eigenvalue weighted by molar-refractivity contribution is 7.80. The van der Waals surface area contributed by atoms with Gasteiger partial charge in [-0.3, -0.25) is 19.2 Å². The van der Waals surface area contributed by atoms with Crippen LogP contribution in [0.25, 0.3) is 0 Å². The Bertz CT molecular complexity index is 405. The third-order valence-corrected chi connectivity index (χ3v) is 3.39.